The Hall–Kier alpha value is -0.160. The van der Waals surface area contributed by atoms with Crippen molar-refractivity contribution in [1.29, 1.82) is 0 Å². The van der Waals surface area contributed by atoms with Crippen LogP contribution in [-0.4, -0.2) is 49.8 Å². The molecule has 0 aliphatic carbocycles. The summed E-state index contributed by atoms with van der Waals surface area (Å²) in [6, 6.07) is 0. The van der Waals surface area contributed by atoms with Crippen LogP contribution < -0.4 is 0 Å². The zero-order chi connectivity index (χ0) is 10.6. The van der Waals surface area contributed by atoms with Crippen molar-refractivity contribution in [1.82, 2.24) is 4.90 Å². The van der Waals surface area contributed by atoms with Crippen LogP contribution in [0.15, 0.2) is 0 Å². The van der Waals surface area contributed by atoms with E-state index in [4.69, 9.17) is 14.6 Å². The third-order valence-corrected chi connectivity index (χ3v) is 1.66. The van der Waals surface area contributed by atoms with Gasteiger partial charge >= 0.3 is 0 Å². The molecule has 0 spiro atoms. The lowest BCUT2D eigenvalue weighted by atomic mass is 10.5. The third kappa shape index (κ3) is 8.44. The van der Waals surface area contributed by atoms with Crippen molar-refractivity contribution in [3.63, 3.8) is 0 Å². The van der Waals surface area contributed by atoms with Crippen LogP contribution in [0.2, 0.25) is 0 Å². The molecule has 0 fully saturated rings. The number of ether oxygens (including phenoxy) is 2. The van der Waals surface area contributed by atoms with Gasteiger partial charge in [0.2, 0.25) is 0 Å². The maximum Gasteiger partial charge on any atom is 0.101 e. The molecule has 0 heterocycles. The second-order valence-electron chi connectivity index (χ2n) is 3.19. The smallest absolute Gasteiger partial charge is 0.101 e. The van der Waals surface area contributed by atoms with E-state index in [0.717, 1.165) is 26.1 Å². The minimum atomic E-state index is 0.144. The van der Waals surface area contributed by atoms with E-state index in [9.17, 15) is 0 Å². The SMILES string of the molecule is CCCOCN(CCO)COCCC. The summed E-state index contributed by atoms with van der Waals surface area (Å²) in [5, 5.41) is 8.80. The number of nitrogens with zero attached hydrogens (tertiary/aromatic N) is 1. The average molecular weight is 205 g/mol. The Bertz CT molecular complexity index is 102. The molecule has 0 saturated heterocycles. The van der Waals surface area contributed by atoms with Gasteiger partial charge in [-0.3, -0.25) is 4.90 Å². The Balaban J connectivity index is 3.44. The van der Waals surface area contributed by atoms with E-state index < -0.39 is 0 Å². The molecular weight excluding hydrogens is 182 g/mol. The zero-order valence-corrected chi connectivity index (χ0v) is 9.37. The Kier molecular flexibility index (Phi) is 10.8. The molecule has 0 rings (SSSR count). The van der Waals surface area contributed by atoms with Gasteiger partial charge in [-0.2, -0.15) is 0 Å². The summed E-state index contributed by atoms with van der Waals surface area (Å²) in [7, 11) is 0. The first-order chi connectivity index (χ1) is 6.85. The summed E-state index contributed by atoms with van der Waals surface area (Å²) in [6.07, 6.45) is 2.03. The zero-order valence-electron chi connectivity index (χ0n) is 9.37. The third-order valence-electron chi connectivity index (χ3n) is 1.66. The largest absolute Gasteiger partial charge is 0.395 e. The van der Waals surface area contributed by atoms with E-state index in [1.807, 2.05) is 4.90 Å². The Morgan fingerprint density at radius 1 is 1.00 bits per heavy atom. The maximum atomic E-state index is 8.80. The van der Waals surface area contributed by atoms with Gasteiger partial charge < -0.3 is 14.6 Å². The van der Waals surface area contributed by atoms with Crippen LogP contribution in [0.4, 0.5) is 0 Å². The number of aliphatic hydroxyl groups excluding tert-OH is 1. The van der Waals surface area contributed by atoms with E-state index in [1.54, 1.807) is 0 Å². The first kappa shape index (κ1) is 13.8. The fraction of sp³-hybridized carbons (Fsp3) is 1.00. The van der Waals surface area contributed by atoms with Crippen LogP contribution in [0.25, 0.3) is 0 Å². The summed E-state index contributed by atoms with van der Waals surface area (Å²) >= 11 is 0. The summed E-state index contributed by atoms with van der Waals surface area (Å²) < 4.78 is 10.7. The van der Waals surface area contributed by atoms with Gasteiger partial charge in [0, 0.05) is 19.8 Å². The predicted molar refractivity (Wildman–Crippen MR) is 56.0 cm³/mol. The molecule has 0 unspecified atom stereocenters. The van der Waals surface area contributed by atoms with Crippen molar-refractivity contribution < 1.29 is 14.6 Å². The van der Waals surface area contributed by atoms with Crippen molar-refractivity contribution in [3.8, 4) is 0 Å². The van der Waals surface area contributed by atoms with E-state index >= 15 is 0 Å². The molecule has 86 valence electrons. The molecule has 0 saturated carbocycles. The summed E-state index contributed by atoms with van der Waals surface area (Å²) in [5.74, 6) is 0. The quantitative estimate of drug-likeness (QED) is 0.427. The Labute approximate surface area is 86.8 Å². The van der Waals surface area contributed by atoms with E-state index in [1.165, 1.54) is 0 Å². The van der Waals surface area contributed by atoms with E-state index in [0.29, 0.717) is 20.0 Å². The fourth-order valence-corrected chi connectivity index (χ4v) is 0.984. The minimum absolute atomic E-state index is 0.144. The molecule has 0 bridgehead atoms. The van der Waals surface area contributed by atoms with Crippen LogP contribution in [0.5, 0.6) is 0 Å². The molecule has 0 radical (unpaired) electrons. The molecule has 0 aromatic heterocycles. The first-order valence-corrected chi connectivity index (χ1v) is 5.33. The molecular formula is C10H23NO3. The number of aliphatic hydroxyl groups is 1. The summed E-state index contributed by atoms with van der Waals surface area (Å²) in [6.45, 7) is 7.49. The van der Waals surface area contributed by atoms with E-state index in [2.05, 4.69) is 13.8 Å². The predicted octanol–water partition coefficient (Wildman–Crippen LogP) is 1.05. The first-order valence-electron chi connectivity index (χ1n) is 5.33. The van der Waals surface area contributed by atoms with Gasteiger partial charge in [0.15, 0.2) is 0 Å². The van der Waals surface area contributed by atoms with Crippen molar-refractivity contribution >= 4 is 0 Å². The highest BCUT2D eigenvalue weighted by atomic mass is 16.5. The molecule has 0 atom stereocenters. The highest BCUT2D eigenvalue weighted by molar-refractivity contribution is 4.45. The van der Waals surface area contributed by atoms with Gasteiger partial charge in [-0.05, 0) is 12.8 Å². The van der Waals surface area contributed by atoms with Crippen molar-refractivity contribution in [2.75, 3.05) is 39.8 Å². The lowest BCUT2D eigenvalue weighted by molar-refractivity contribution is -0.0500. The fourth-order valence-electron chi connectivity index (χ4n) is 0.984. The second-order valence-corrected chi connectivity index (χ2v) is 3.19. The van der Waals surface area contributed by atoms with E-state index in [-0.39, 0.29) is 6.61 Å². The van der Waals surface area contributed by atoms with Crippen LogP contribution in [0, 0.1) is 0 Å². The number of rotatable bonds is 10. The second kappa shape index (κ2) is 10.9. The Morgan fingerprint density at radius 3 is 1.86 bits per heavy atom. The molecule has 4 heteroatoms. The van der Waals surface area contributed by atoms with Crippen molar-refractivity contribution in [2.24, 2.45) is 0 Å². The van der Waals surface area contributed by atoms with Gasteiger partial charge in [0.25, 0.3) is 0 Å². The minimum Gasteiger partial charge on any atom is -0.395 e. The van der Waals surface area contributed by atoms with Crippen LogP contribution >= 0.6 is 0 Å². The molecule has 1 N–H and O–H groups in total. The highest BCUT2D eigenvalue weighted by Gasteiger charge is 2.03. The lowest BCUT2D eigenvalue weighted by Gasteiger charge is -2.20. The Morgan fingerprint density at radius 2 is 1.50 bits per heavy atom. The van der Waals surface area contributed by atoms with Gasteiger partial charge in [-0.25, -0.2) is 0 Å². The molecule has 14 heavy (non-hydrogen) atoms. The highest BCUT2D eigenvalue weighted by Crippen LogP contribution is 1.92. The monoisotopic (exact) mass is 205 g/mol. The topological polar surface area (TPSA) is 41.9 Å². The maximum absolute atomic E-state index is 8.80. The van der Waals surface area contributed by atoms with Gasteiger partial charge in [0.1, 0.15) is 13.5 Å². The van der Waals surface area contributed by atoms with Crippen LogP contribution in [0.1, 0.15) is 26.7 Å². The molecule has 0 aromatic carbocycles. The molecule has 0 aliphatic rings. The van der Waals surface area contributed by atoms with Gasteiger partial charge in [-0.1, -0.05) is 13.8 Å². The number of hydrogen-bond acceptors (Lipinski definition) is 4. The average Bonchev–Trinajstić information content (AvgIpc) is 2.18. The molecule has 0 aromatic rings. The van der Waals surface area contributed by atoms with Crippen LogP contribution in [-0.2, 0) is 9.47 Å². The standard InChI is InChI=1S/C10H23NO3/c1-3-7-13-9-11(5-6-12)10-14-8-4-2/h12H,3-10H2,1-2H3. The summed E-state index contributed by atoms with van der Waals surface area (Å²) in [5.41, 5.74) is 0. The molecule has 0 amide bonds. The van der Waals surface area contributed by atoms with Crippen molar-refractivity contribution in [2.45, 2.75) is 26.7 Å². The molecule has 4 nitrogen and oxygen atoms in total. The normalized spacial score (nSPS) is 11.1. The lowest BCUT2D eigenvalue weighted by Crippen LogP contribution is -2.32. The van der Waals surface area contributed by atoms with Gasteiger partial charge in [0.05, 0.1) is 6.61 Å². The molecule has 0 aliphatic heterocycles. The van der Waals surface area contributed by atoms with Crippen LogP contribution in [0.3, 0.4) is 0 Å². The van der Waals surface area contributed by atoms with Gasteiger partial charge in [-0.15, -0.1) is 0 Å². The number of hydrogen-bond donors (Lipinski definition) is 1. The summed E-state index contributed by atoms with van der Waals surface area (Å²) in [4.78, 5) is 1.95. The van der Waals surface area contributed by atoms with Crippen molar-refractivity contribution in [3.05, 3.63) is 0 Å².